The number of ether oxygens (including phenoxy) is 1. The Bertz CT molecular complexity index is 1540. The lowest BCUT2D eigenvalue weighted by Gasteiger charge is -2.32. The molecule has 0 saturated carbocycles. The Morgan fingerprint density at radius 1 is 1.09 bits per heavy atom. The summed E-state index contributed by atoms with van der Waals surface area (Å²) >= 11 is 0. The van der Waals surface area contributed by atoms with Crippen molar-refractivity contribution in [3.8, 4) is 17.1 Å². The first-order chi connectivity index (χ1) is 16.9. The van der Waals surface area contributed by atoms with E-state index in [-0.39, 0.29) is 11.9 Å². The number of halogens is 1. The lowest BCUT2D eigenvalue weighted by atomic mass is 10.1. The SMILES string of the molecule is Cc1ccc(-c2nc3cccnc3n2C2CCN(S(=O)(=O)c3ccc4c(c3)CCO4)CC2)c(F)c1. The number of aromatic nitrogens is 3. The van der Waals surface area contributed by atoms with Crippen LogP contribution in [0.5, 0.6) is 5.75 Å². The highest BCUT2D eigenvalue weighted by molar-refractivity contribution is 7.89. The summed E-state index contributed by atoms with van der Waals surface area (Å²) in [5, 5.41) is 0. The lowest BCUT2D eigenvalue weighted by molar-refractivity contribution is 0.278. The number of sulfonamides is 1. The monoisotopic (exact) mass is 492 g/mol. The van der Waals surface area contributed by atoms with Crippen molar-refractivity contribution in [2.45, 2.75) is 37.1 Å². The van der Waals surface area contributed by atoms with Gasteiger partial charge in [-0.05, 0) is 73.4 Å². The van der Waals surface area contributed by atoms with Gasteiger partial charge in [0.25, 0.3) is 0 Å². The van der Waals surface area contributed by atoms with Crippen LogP contribution < -0.4 is 4.74 Å². The first-order valence-electron chi connectivity index (χ1n) is 11.8. The van der Waals surface area contributed by atoms with Crippen molar-refractivity contribution in [3.63, 3.8) is 0 Å². The van der Waals surface area contributed by atoms with Crippen molar-refractivity contribution in [1.29, 1.82) is 0 Å². The average Bonchev–Trinajstić information content (AvgIpc) is 3.48. The summed E-state index contributed by atoms with van der Waals surface area (Å²) in [4.78, 5) is 9.55. The Morgan fingerprint density at radius 2 is 1.91 bits per heavy atom. The molecule has 0 aliphatic carbocycles. The van der Waals surface area contributed by atoms with Crippen molar-refractivity contribution < 1.29 is 17.5 Å². The minimum Gasteiger partial charge on any atom is -0.493 e. The fraction of sp³-hybridized carbons (Fsp3) is 0.308. The molecule has 1 saturated heterocycles. The van der Waals surface area contributed by atoms with E-state index in [1.165, 1.54) is 6.07 Å². The molecule has 0 N–H and O–H groups in total. The summed E-state index contributed by atoms with van der Waals surface area (Å²) in [6.07, 6.45) is 3.58. The van der Waals surface area contributed by atoms with Gasteiger partial charge >= 0.3 is 0 Å². The maximum atomic E-state index is 14.9. The summed E-state index contributed by atoms with van der Waals surface area (Å²) in [7, 11) is -3.61. The van der Waals surface area contributed by atoms with Gasteiger partial charge in [0.2, 0.25) is 10.0 Å². The van der Waals surface area contributed by atoms with E-state index in [2.05, 4.69) is 4.98 Å². The molecule has 0 spiro atoms. The molecule has 35 heavy (non-hydrogen) atoms. The first kappa shape index (κ1) is 22.2. The zero-order valence-electron chi connectivity index (χ0n) is 19.3. The van der Waals surface area contributed by atoms with Gasteiger partial charge < -0.3 is 9.30 Å². The predicted molar refractivity (Wildman–Crippen MR) is 130 cm³/mol. The molecule has 2 aliphatic heterocycles. The third-order valence-electron chi connectivity index (χ3n) is 6.90. The normalized spacial score (nSPS) is 17.0. The number of nitrogens with zero attached hydrogens (tertiary/aromatic N) is 4. The van der Waals surface area contributed by atoms with Gasteiger partial charge in [0, 0.05) is 31.7 Å². The van der Waals surface area contributed by atoms with E-state index in [0.29, 0.717) is 60.0 Å². The molecule has 2 aromatic carbocycles. The molecule has 0 atom stereocenters. The largest absolute Gasteiger partial charge is 0.493 e. The van der Waals surface area contributed by atoms with Gasteiger partial charge in [-0.25, -0.2) is 22.8 Å². The van der Waals surface area contributed by atoms with Crippen molar-refractivity contribution >= 4 is 21.2 Å². The molecule has 6 rings (SSSR count). The molecule has 9 heteroatoms. The van der Waals surface area contributed by atoms with Crippen LogP contribution in [-0.4, -0.2) is 47.0 Å². The third-order valence-corrected chi connectivity index (χ3v) is 8.80. The fourth-order valence-electron chi connectivity index (χ4n) is 5.08. The molecule has 1 fully saturated rings. The molecule has 2 aromatic heterocycles. The molecule has 0 radical (unpaired) electrons. The maximum absolute atomic E-state index is 14.9. The van der Waals surface area contributed by atoms with E-state index in [9.17, 15) is 12.8 Å². The minimum absolute atomic E-state index is 0.0505. The number of piperidine rings is 1. The highest BCUT2D eigenvalue weighted by Crippen LogP contribution is 2.36. The lowest BCUT2D eigenvalue weighted by Crippen LogP contribution is -2.39. The quantitative estimate of drug-likeness (QED) is 0.419. The molecule has 0 unspecified atom stereocenters. The molecule has 4 aromatic rings. The summed E-state index contributed by atoms with van der Waals surface area (Å²) in [6.45, 7) is 3.16. The van der Waals surface area contributed by atoms with Gasteiger partial charge in [0.05, 0.1) is 17.1 Å². The van der Waals surface area contributed by atoms with Crippen LogP contribution >= 0.6 is 0 Å². The topological polar surface area (TPSA) is 77.3 Å². The summed E-state index contributed by atoms with van der Waals surface area (Å²) in [5.41, 5.74) is 3.56. The zero-order chi connectivity index (χ0) is 24.2. The number of imidazole rings is 1. The van der Waals surface area contributed by atoms with E-state index in [0.717, 1.165) is 23.3 Å². The first-order valence-corrected chi connectivity index (χ1v) is 13.2. The number of hydrogen-bond donors (Lipinski definition) is 0. The second kappa shape index (κ2) is 8.42. The van der Waals surface area contributed by atoms with Gasteiger partial charge in [-0.3, -0.25) is 0 Å². The number of benzene rings is 2. The molecule has 7 nitrogen and oxygen atoms in total. The van der Waals surface area contributed by atoms with Gasteiger partial charge in [-0.15, -0.1) is 0 Å². The van der Waals surface area contributed by atoms with Crippen molar-refractivity contribution in [1.82, 2.24) is 18.8 Å². The van der Waals surface area contributed by atoms with E-state index in [1.54, 1.807) is 34.8 Å². The van der Waals surface area contributed by atoms with Crippen LogP contribution in [0.15, 0.2) is 59.6 Å². The van der Waals surface area contributed by atoms with E-state index < -0.39 is 10.0 Å². The smallest absolute Gasteiger partial charge is 0.243 e. The van der Waals surface area contributed by atoms with Crippen LogP contribution in [0.25, 0.3) is 22.6 Å². The van der Waals surface area contributed by atoms with Crippen molar-refractivity contribution in [3.05, 3.63) is 71.7 Å². The molecule has 2 aliphatic rings. The Morgan fingerprint density at radius 3 is 2.71 bits per heavy atom. The number of aryl methyl sites for hydroxylation is 1. The summed E-state index contributed by atoms with van der Waals surface area (Å²) in [5.74, 6) is 0.955. The van der Waals surface area contributed by atoms with Crippen LogP contribution in [0.4, 0.5) is 4.39 Å². The van der Waals surface area contributed by atoms with Crippen molar-refractivity contribution in [2.24, 2.45) is 0 Å². The Hall–Kier alpha value is -3.30. The van der Waals surface area contributed by atoms with Crippen molar-refractivity contribution in [2.75, 3.05) is 19.7 Å². The van der Waals surface area contributed by atoms with Gasteiger partial charge in [0.1, 0.15) is 22.9 Å². The molecule has 180 valence electrons. The maximum Gasteiger partial charge on any atom is 0.243 e. The van der Waals surface area contributed by atoms with Gasteiger partial charge in [-0.2, -0.15) is 4.31 Å². The molecule has 0 amide bonds. The molecular weight excluding hydrogens is 467 g/mol. The zero-order valence-corrected chi connectivity index (χ0v) is 20.1. The minimum atomic E-state index is -3.61. The number of pyridine rings is 1. The van der Waals surface area contributed by atoms with Gasteiger partial charge in [-0.1, -0.05) is 6.07 Å². The molecule has 0 bridgehead atoms. The summed E-state index contributed by atoms with van der Waals surface area (Å²) in [6, 6.07) is 13.8. The molecule has 4 heterocycles. The highest BCUT2D eigenvalue weighted by Gasteiger charge is 2.33. The van der Waals surface area contributed by atoms with E-state index in [4.69, 9.17) is 9.72 Å². The second-order valence-corrected chi connectivity index (χ2v) is 11.1. The summed E-state index contributed by atoms with van der Waals surface area (Å²) < 4.78 is 50.7. The predicted octanol–water partition coefficient (Wildman–Crippen LogP) is 4.51. The van der Waals surface area contributed by atoms with Gasteiger partial charge in [0.15, 0.2) is 5.65 Å². The number of hydrogen-bond acceptors (Lipinski definition) is 5. The Balaban J connectivity index is 1.31. The van der Waals surface area contributed by atoms with Crippen LogP contribution in [0, 0.1) is 12.7 Å². The number of fused-ring (bicyclic) bond motifs is 2. The van der Waals surface area contributed by atoms with Crippen LogP contribution in [0.2, 0.25) is 0 Å². The second-order valence-electron chi connectivity index (χ2n) is 9.14. The van der Waals surface area contributed by atoms with Crippen LogP contribution in [0.1, 0.15) is 30.0 Å². The Labute approximate surface area is 203 Å². The van der Waals surface area contributed by atoms with E-state index in [1.807, 2.05) is 29.7 Å². The third kappa shape index (κ3) is 3.79. The fourth-order valence-corrected chi connectivity index (χ4v) is 6.60. The standard InChI is InChI=1S/C26H25FN4O3S/c1-17-4-6-21(22(27)15-17)25-29-23-3-2-11-28-26(23)31(25)19-8-12-30(13-9-19)35(32,33)20-5-7-24-18(16-20)10-14-34-24/h2-7,11,15-16,19H,8-10,12-14H2,1H3. The average molecular weight is 493 g/mol. The number of rotatable bonds is 4. The van der Waals surface area contributed by atoms with E-state index >= 15 is 0 Å². The van der Waals surface area contributed by atoms with Crippen LogP contribution in [-0.2, 0) is 16.4 Å². The molecular formula is C26H25FN4O3S. The highest BCUT2D eigenvalue weighted by atomic mass is 32.2. The Kier molecular flexibility index (Phi) is 5.34. The van der Waals surface area contributed by atoms with Crippen LogP contribution in [0.3, 0.4) is 0 Å².